The van der Waals surface area contributed by atoms with Gasteiger partial charge in [-0.1, -0.05) is 0 Å². The van der Waals surface area contributed by atoms with E-state index in [9.17, 15) is 8.78 Å². The molecule has 4 aliphatic rings. The average molecular weight is 845 g/mol. The first-order chi connectivity index (χ1) is 30.3. The van der Waals surface area contributed by atoms with Gasteiger partial charge in [-0.2, -0.15) is 9.37 Å². The zero-order chi connectivity index (χ0) is 42.4. The number of halogens is 2. The van der Waals surface area contributed by atoms with Crippen LogP contribution >= 0.6 is 0 Å². The molecule has 18 heteroatoms. The summed E-state index contributed by atoms with van der Waals surface area (Å²) in [7, 11) is 0. The molecule has 0 aliphatic carbocycles. The Balaban J connectivity index is 0.000000158. The van der Waals surface area contributed by atoms with Crippen LogP contribution in [0.15, 0.2) is 73.6 Å². The van der Waals surface area contributed by atoms with Gasteiger partial charge in [-0.05, 0) is 26.0 Å². The maximum Gasteiger partial charge on any atom is 0.218 e. The summed E-state index contributed by atoms with van der Waals surface area (Å²) in [5, 5.41) is 0. The van der Waals surface area contributed by atoms with Crippen molar-refractivity contribution in [1.82, 2.24) is 49.8 Å². The van der Waals surface area contributed by atoms with Crippen molar-refractivity contribution in [2.24, 2.45) is 0 Å². The number of hydrogen-bond donors (Lipinski definition) is 0. The minimum Gasteiger partial charge on any atom is -0.490 e. The predicted molar refractivity (Wildman–Crippen MR) is 222 cm³/mol. The molecule has 0 N–H and O–H groups in total. The van der Waals surface area contributed by atoms with Gasteiger partial charge in [0.25, 0.3) is 0 Å². The number of pyridine rings is 2. The molecule has 6 aromatic heterocycles. The molecule has 320 valence electrons. The number of hydrogen-bond acceptors (Lipinski definition) is 16. The first kappa shape index (κ1) is 41.0. The Hall–Kier alpha value is -6.40. The zero-order valence-corrected chi connectivity index (χ0v) is 34.5. The number of ether oxygens (including phenoxy) is 4. The second-order valence-electron chi connectivity index (χ2n) is 15.4. The van der Waals surface area contributed by atoms with Crippen LogP contribution in [0.5, 0.6) is 11.6 Å². The molecular weight excluding hydrogens is 799 g/mol. The van der Waals surface area contributed by atoms with E-state index in [2.05, 4.69) is 59.6 Å². The van der Waals surface area contributed by atoms with E-state index in [4.69, 9.17) is 18.9 Å². The van der Waals surface area contributed by atoms with Crippen molar-refractivity contribution in [2.45, 2.75) is 76.7 Å². The van der Waals surface area contributed by atoms with Gasteiger partial charge in [0.2, 0.25) is 11.8 Å². The molecule has 10 rings (SSSR count). The lowest BCUT2D eigenvalue weighted by molar-refractivity contribution is 0.0236. The quantitative estimate of drug-likeness (QED) is 0.156. The van der Waals surface area contributed by atoms with Gasteiger partial charge in [-0.25, -0.2) is 49.2 Å². The van der Waals surface area contributed by atoms with Gasteiger partial charge in [0, 0.05) is 124 Å². The summed E-state index contributed by atoms with van der Waals surface area (Å²) >= 11 is 0. The Morgan fingerprint density at radius 3 is 1.60 bits per heavy atom. The summed E-state index contributed by atoms with van der Waals surface area (Å²) < 4.78 is 51.4. The lowest BCUT2D eigenvalue weighted by Gasteiger charge is -2.35. The van der Waals surface area contributed by atoms with Crippen LogP contribution in [0.4, 0.5) is 20.4 Å². The van der Waals surface area contributed by atoms with Crippen molar-refractivity contribution in [3.63, 3.8) is 0 Å². The van der Waals surface area contributed by atoms with Gasteiger partial charge in [0.15, 0.2) is 23.3 Å². The smallest absolute Gasteiger partial charge is 0.218 e. The Morgan fingerprint density at radius 2 is 1.06 bits per heavy atom. The Morgan fingerprint density at radius 1 is 0.565 bits per heavy atom. The summed E-state index contributed by atoms with van der Waals surface area (Å²) in [6, 6.07) is 9.35. The summed E-state index contributed by atoms with van der Waals surface area (Å²) in [6.07, 6.45) is 14.9. The van der Waals surface area contributed by atoms with Crippen LogP contribution in [-0.2, 0) is 22.3 Å². The minimum atomic E-state index is -0.551. The van der Waals surface area contributed by atoms with Crippen LogP contribution in [0, 0.1) is 11.8 Å². The van der Waals surface area contributed by atoms with E-state index >= 15 is 0 Å². The molecule has 2 fully saturated rings. The summed E-state index contributed by atoms with van der Waals surface area (Å²) in [5.41, 5.74) is 3.89. The first-order valence-corrected chi connectivity index (χ1v) is 21.0. The third kappa shape index (κ3) is 9.40. The maximum atomic E-state index is 14.4. The molecule has 0 radical (unpaired) electrons. The second-order valence-corrected chi connectivity index (χ2v) is 15.4. The van der Waals surface area contributed by atoms with Crippen molar-refractivity contribution >= 4 is 11.6 Å². The number of fused-ring (bicyclic) bond motifs is 2. The highest BCUT2D eigenvalue weighted by Gasteiger charge is 2.30. The van der Waals surface area contributed by atoms with Crippen molar-refractivity contribution in [1.29, 1.82) is 0 Å². The average Bonchev–Trinajstić information content (AvgIpc) is 3.30. The SMILES string of the molecule is CC1c2cnc(-c3ncccn3)nc2CCN1c1cc(F)cc(OC2CCOCC2)n1.CC1c2cnc(-c3ncccn3)nc2CCN1c1cc(OC2CCOCC2)cc(F)n1. The molecule has 0 amide bonds. The maximum absolute atomic E-state index is 14.4. The van der Waals surface area contributed by atoms with Crippen LogP contribution in [0.25, 0.3) is 23.3 Å². The molecule has 0 saturated carbocycles. The number of aromatic nitrogens is 10. The van der Waals surface area contributed by atoms with E-state index in [0.717, 1.165) is 48.2 Å². The molecular formula is C44H46F2N12O4. The molecule has 4 aliphatic heterocycles. The molecule has 10 heterocycles. The summed E-state index contributed by atoms with van der Waals surface area (Å²) in [5.74, 6) is 3.03. The van der Waals surface area contributed by atoms with Crippen molar-refractivity contribution in [3.8, 4) is 34.9 Å². The summed E-state index contributed by atoms with van der Waals surface area (Å²) in [6.45, 7) is 8.06. The van der Waals surface area contributed by atoms with Crippen LogP contribution < -0.4 is 19.3 Å². The molecule has 0 bridgehead atoms. The fourth-order valence-corrected chi connectivity index (χ4v) is 8.09. The molecule has 2 saturated heterocycles. The largest absolute Gasteiger partial charge is 0.490 e. The normalized spacial score (nSPS) is 19.2. The molecule has 2 unspecified atom stereocenters. The Bertz CT molecular complexity index is 2290. The zero-order valence-electron chi connectivity index (χ0n) is 34.5. The molecule has 16 nitrogen and oxygen atoms in total. The highest BCUT2D eigenvalue weighted by atomic mass is 19.1. The lowest BCUT2D eigenvalue weighted by Crippen LogP contribution is -2.35. The van der Waals surface area contributed by atoms with E-state index < -0.39 is 5.95 Å². The molecule has 0 aromatic carbocycles. The number of anilines is 2. The standard InChI is InChI=1S/2C22H23FN6O2/c1-14-17-13-26-22(21-24-6-2-7-25-21)27-18(17)3-8-29(14)19-11-15(23)12-20(28-19)31-16-4-9-30-10-5-16;1-14-17-13-26-22(21-24-6-2-7-25-21)27-18(17)3-8-29(14)20-12-16(11-19(23)28-20)31-15-4-9-30-10-5-15/h2,6-7,11-14,16H,3-5,8-10H2,1H3;2,6-7,11-15H,3-5,8-10H2,1H3. The molecule has 0 spiro atoms. The van der Waals surface area contributed by atoms with Gasteiger partial charge < -0.3 is 28.7 Å². The molecule has 2 atom stereocenters. The van der Waals surface area contributed by atoms with Gasteiger partial charge in [0.1, 0.15) is 35.4 Å². The minimum absolute atomic E-state index is 0.00225. The van der Waals surface area contributed by atoms with E-state index in [1.807, 2.05) is 32.3 Å². The third-order valence-electron chi connectivity index (χ3n) is 11.4. The van der Waals surface area contributed by atoms with E-state index in [1.54, 1.807) is 36.9 Å². The highest BCUT2D eigenvalue weighted by Crippen LogP contribution is 2.36. The van der Waals surface area contributed by atoms with Crippen LogP contribution in [0.3, 0.4) is 0 Å². The Labute approximate surface area is 357 Å². The van der Waals surface area contributed by atoms with Crippen LogP contribution in [-0.4, -0.2) is 102 Å². The number of nitrogens with zero attached hydrogens (tertiary/aromatic N) is 12. The second kappa shape index (κ2) is 18.7. The monoisotopic (exact) mass is 844 g/mol. The van der Waals surface area contributed by atoms with Gasteiger partial charge in [-0.15, -0.1) is 0 Å². The lowest BCUT2D eigenvalue weighted by atomic mass is 9.99. The van der Waals surface area contributed by atoms with Gasteiger partial charge in [-0.3, -0.25) is 0 Å². The fraction of sp³-hybridized carbons (Fsp3) is 0.409. The Kier molecular flexibility index (Phi) is 12.4. The topological polar surface area (TPSA) is 172 Å². The fourth-order valence-electron chi connectivity index (χ4n) is 8.09. The van der Waals surface area contributed by atoms with Crippen molar-refractivity contribution in [2.75, 3.05) is 49.3 Å². The van der Waals surface area contributed by atoms with E-state index in [0.29, 0.717) is 98.9 Å². The van der Waals surface area contributed by atoms with Gasteiger partial charge >= 0.3 is 0 Å². The third-order valence-corrected chi connectivity index (χ3v) is 11.4. The van der Waals surface area contributed by atoms with Gasteiger partial charge in [0.05, 0.1) is 49.9 Å². The van der Waals surface area contributed by atoms with Crippen molar-refractivity contribution < 1.29 is 27.7 Å². The van der Waals surface area contributed by atoms with Crippen LogP contribution in [0.2, 0.25) is 0 Å². The van der Waals surface area contributed by atoms with Crippen LogP contribution in [0.1, 0.15) is 74.1 Å². The number of rotatable bonds is 8. The first-order valence-electron chi connectivity index (χ1n) is 21.0. The van der Waals surface area contributed by atoms with Crippen molar-refractivity contribution in [3.05, 3.63) is 108 Å². The summed E-state index contributed by atoms with van der Waals surface area (Å²) in [4.78, 5) is 48.0. The van der Waals surface area contributed by atoms with E-state index in [1.165, 1.54) is 18.2 Å². The molecule has 62 heavy (non-hydrogen) atoms. The highest BCUT2D eigenvalue weighted by molar-refractivity contribution is 5.52. The molecule has 6 aromatic rings. The van der Waals surface area contributed by atoms with E-state index in [-0.39, 0.29) is 30.1 Å². The predicted octanol–water partition coefficient (Wildman–Crippen LogP) is 6.30.